The lowest BCUT2D eigenvalue weighted by atomic mass is 10.2. The van der Waals surface area contributed by atoms with Gasteiger partial charge in [-0.1, -0.05) is 42.1 Å². The molecule has 23 heavy (non-hydrogen) atoms. The van der Waals surface area contributed by atoms with Gasteiger partial charge in [0.15, 0.2) is 5.16 Å². The molecule has 0 bridgehead atoms. The van der Waals surface area contributed by atoms with E-state index in [1.165, 1.54) is 11.8 Å². The summed E-state index contributed by atoms with van der Waals surface area (Å²) in [4.78, 5) is 28.5. The minimum atomic E-state index is -0.338. The number of benzene rings is 1. The molecular formula is C16H17N3O2S2. The number of thioether (sulfide) groups is 2. The first kappa shape index (κ1) is 16.1. The van der Waals surface area contributed by atoms with Gasteiger partial charge in [-0.05, 0) is 5.56 Å². The van der Waals surface area contributed by atoms with Crippen LogP contribution in [0.3, 0.4) is 0 Å². The van der Waals surface area contributed by atoms with E-state index in [1.807, 2.05) is 18.2 Å². The quantitative estimate of drug-likeness (QED) is 0.640. The largest absolute Gasteiger partial charge is 0.351 e. The molecule has 2 aromatic rings. The van der Waals surface area contributed by atoms with Gasteiger partial charge in [-0.25, -0.2) is 4.98 Å². The zero-order valence-corrected chi connectivity index (χ0v) is 14.2. The molecule has 0 unspecified atom stereocenters. The van der Waals surface area contributed by atoms with Crippen molar-refractivity contribution >= 4 is 29.4 Å². The molecule has 120 valence electrons. The molecule has 1 aromatic heterocycles. The molecule has 1 aliphatic rings. The lowest BCUT2D eigenvalue weighted by molar-refractivity contribution is 0.0953. The third-order valence-corrected chi connectivity index (χ3v) is 5.45. The Bertz CT molecular complexity index is 747. The Kier molecular flexibility index (Phi) is 5.40. The molecule has 5 nitrogen and oxygen atoms in total. The van der Waals surface area contributed by atoms with Crippen LogP contribution in [0.25, 0.3) is 0 Å². The number of nitrogens with one attached hydrogen (secondary N) is 1. The van der Waals surface area contributed by atoms with Gasteiger partial charge >= 0.3 is 0 Å². The maximum Gasteiger partial charge on any atom is 0.267 e. The summed E-state index contributed by atoms with van der Waals surface area (Å²) < 4.78 is 1.57. The number of fused-ring (bicyclic) bond motifs is 1. The molecular weight excluding hydrogens is 330 g/mol. The maximum absolute atomic E-state index is 12.2. The van der Waals surface area contributed by atoms with E-state index in [0.29, 0.717) is 18.2 Å². The Balaban J connectivity index is 1.48. The van der Waals surface area contributed by atoms with Crippen LogP contribution in [0.1, 0.15) is 15.9 Å². The number of rotatable bonds is 6. The monoisotopic (exact) mass is 347 g/mol. The van der Waals surface area contributed by atoms with Crippen molar-refractivity contribution in [2.75, 3.05) is 18.1 Å². The van der Waals surface area contributed by atoms with E-state index in [9.17, 15) is 9.59 Å². The average Bonchev–Trinajstić information content (AvgIpc) is 3.05. The van der Waals surface area contributed by atoms with Crippen LogP contribution in [-0.4, -0.2) is 33.5 Å². The molecule has 0 fully saturated rings. The van der Waals surface area contributed by atoms with Crippen molar-refractivity contribution < 1.29 is 4.79 Å². The van der Waals surface area contributed by atoms with Gasteiger partial charge < -0.3 is 5.32 Å². The number of hydrogen-bond acceptors (Lipinski definition) is 5. The highest BCUT2D eigenvalue weighted by atomic mass is 32.2. The van der Waals surface area contributed by atoms with E-state index < -0.39 is 0 Å². The van der Waals surface area contributed by atoms with E-state index in [4.69, 9.17) is 0 Å². The predicted molar refractivity (Wildman–Crippen MR) is 94.2 cm³/mol. The second kappa shape index (κ2) is 7.70. The molecule has 0 saturated heterocycles. The molecule has 1 amide bonds. The smallest absolute Gasteiger partial charge is 0.267 e. The molecule has 1 aromatic carbocycles. The van der Waals surface area contributed by atoms with Crippen LogP contribution >= 0.6 is 23.5 Å². The van der Waals surface area contributed by atoms with Gasteiger partial charge in [-0.2, -0.15) is 11.8 Å². The highest BCUT2D eigenvalue weighted by molar-refractivity contribution is 7.99. The number of carbonyl (C=O) groups is 1. The number of carbonyl (C=O) groups excluding carboxylic acids is 1. The molecule has 0 saturated carbocycles. The predicted octanol–water partition coefficient (Wildman–Crippen LogP) is 2.01. The SMILES string of the molecule is O=C(NCCSCc1ccccc1)c1cnc2n(c1=O)CCS2. The van der Waals surface area contributed by atoms with E-state index >= 15 is 0 Å². The maximum atomic E-state index is 12.2. The van der Waals surface area contributed by atoms with Gasteiger partial charge in [0.2, 0.25) is 0 Å². The molecule has 1 N–H and O–H groups in total. The Hall–Kier alpha value is -1.73. The van der Waals surface area contributed by atoms with Crippen molar-refractivity contribution in [3.8, 4) is 0 Å². The molecule has 3 rings (SSSR count). The van der Waals surface area contributed by atoms with E-state index in [0.717, 1.165) is 17.3 Å². The summed E-state index contributed by atoms with van der Waals surface area (Å²) in [5.74, 6) is 2.21. The summed E-state index contributed by atoms with van der Waals surface area (Å²) in [5.41, 5.74) is 1.15. The zero-order chi connectivity index (χ0) is 16.1. The summed E-state index contributed by atoms with van der Waals surface area (Å²) >= 11 is 3.29. The van der Waals surface area contributed by atoms with E-state index in [1.54, 1.807) is 28.1 Å². The summed E-state index contributed by atoms with van der Waals surface area (Å²) in [6, 6.07) is 10.2. The molecule has 1 aliphatic heterocycles. The first-order valence-electron chi connectivity index (χ1n) is 7.38. The Morgan fingerprint density at radius 3 is 3.00 bits per heavy atom. The van der Waals surface area contributed by atoms with Crippen molar-refractivity contribution in [1.82, 2.24) is 14.9 Å². The van der Waals surface area contributed by atoms with Crippen molar-refractivity contribution in [3.63, 3.8) is 0 Å². The number of aromatic nitrogens is 2. The molecule has 0 atom stereocenters. The number of hydrogen-bond donors (Lipinski definition) is 1. The first-order chi connectivity index (χ1) is 11.3. The van der Waals surface area contributed by atoms with Crippen molar-refractivity contribution in [1.29, 1.82) is 0 Å². The highest BCUT2D eigenvalue weighted by Gasteiger charge is 2.19. The van der Waals surface area contributed by atoms with Gasteiger partial charge in [-0.3, -0.25) is 14.2 Å². The van der Waals surface area contributed by atoms with Crippen LogP contribution in [0, 0.1) is 0 Å². The topological polar surface area (TPSA) is 64.0 Å². The third-order valence-electron chi connectivity index (χ3n) is 3.44. The number of nitrogens with zero attached hydrogens (tertiary/aromatic N) is 2. The summed E-state index contributed by atoms with van der Waals surface area (Å²) in [6.07, 6.45) is 1.39. The van der Waals surface area contributed by atoms with Crippen molar-refractivity contribution in [2.45, 2.75) is 17.5 Å². The molecule has 0 spiro atoms. The van der Waals surface area contributed by atoms with E-state index in [2.05, 4.69) is 22.4 Å². The number of amides is 1. The second-order valence-electron chi connectivity index (χ2n) is 5.05. The Morgan fingerprint density at radius 1 is 1.35 bits per heavy atom. The second-order valence-corrected chi connectivity index (χ2v) is 7.22. The Labute approximate surface area is 142 Å². The summed E-state index contributed by atoms with van der Waals surface area (Å²) in [5, 5.41) is 3.50. The van der Waals surface area contributed by atoms with Gasteiger partial charge in [0.05, 0.1) is 0 Å². The van der Waals surface area contributed by atoms with Crippen LogP contribution in [0.15, 0.2) is 46.5 Å². The van der Waals surface area contributed by atoms with Crippen molar-refractivity contribution in [2.24, 2.45) is 0 Å². The van der Waals surface area contributed by atoms with E-state index in [-0.39, 0.29) is 17.0 Å². The lowest BCUT2D eigenvalue weighted by Crippen LogP contribution is -2.34. The molecule has 7 heteroatoms. The normalized spacial score (nSPS) is 12.9. The van der Waals surface area contributed by atoms with Crippen LogP contribution in [0.5, 0.6) is 0 Å². The van der Waals surface area contributed by atoms with Gasteiger partial charge in [0.1, 0.15) is 5.56 Å². The van der Waals surface area contributed by atoms with Crippen LogP contribution < -0.4 is 10.9 Å². The minimum absolute atomic E-state index is 0.129. The van der Waals surface area contributed by atoms with Crippen LogP contribution in [0.4, 0.5) is 0 Å². The fourth-order valence-corrected chi connectivity index (χ4v) is 4.00. The molecule has 0 aliphatic carbocycles. The van der Waals surface area contributed by atoms with Crippen molar-refractivity contribution in [3.05, 3.63) is 58.0 Å². The lowest BCUT2D eigenvalue weighted by Gasteiger charge is -2.07. The first-order valence-corrected chi connectivity index (χ1v) is 9.52. The van der Waals surface area contributed by atoms with Crippen LogP contribution in [-0.2, 0) is 12.3 Å². The average molecular weight is 347 g/mol. The highest BCUT2D eigenvalue weighted by Crippen LogP contribution is 2.20. The standard InChI is InChI=1S/C16H17N3O2S2/c20-14(13-10-18-16-19(15(13)21)7-9-23-16)17-6-8-22-11-12-4-2-1-3-5-12/h1-5,10H,6-9,11H2,(H,17,20). The molecule has 0 radical (unpaired) electrons. The fraction of sp³-hybridized carbons (Fsp3) is 0.312. The van der Waals surface area contributed by atoms with Gasteiger partial charge in [-0.15, -0.1) is 0 Å². The molecule has 2 heterocycles. The van der Waals surface area contributed by atoms with Crippen LogP contribution in [0.2, 0.25) is 0 Å². The minimum Gasteiger partial charge on any atom is -0.351 e. The van der Waals surface area contributed by atoms with Gasteiger partial charge in [0, 0.05) is 36.5 Å². The summed E-state index contributed by atoms with van der Waals surface area (Å²) in [7, 11) is 0. The fourth-order valence-electron chi connectivity index (χ4n) is 2.27. The third kappa shape index (κ3) is 3.97. The Morgan fingerprint density at radius 2 is 2.17 bits per heavy atom. The summed E-state index contributed by atoms with van der Waals surface area (Å²) in [6.45, 7) is 1.16. The van der Waals surface area contributed by atoms with Gasteiger partial charge in [0.25, 0.3) is 11.5 Å². The zero-order valence-electron chi connectivity index (χ0n) is 12.5.